The number of rotatable bonds is 3. The first-order chi connectivity index (χ1) is 8.61. The average Bonchev–Trinajstić information content (AvgIpc) is 2.35. The molecule has 94 valence electrons. The molecule has 0 aliphatic rings. The van der Waals surface area contributed by atoms with Crippen LogP contribution in [0.5, 0.6) is 5.75 Å². The molecule has 0 fully saturated rings. The summed E-state index contributed by atoms with van der Waals surface area (Å²) in [7, 11) is 0. The zero-order chi connectivity index (χ0) is 13.1. The normalized spacial score (nSPS) is 10.3. The van der Waals surface area contributed by atoms with Crippen molar-refractivity contribution in [3.8, 4) is 17.0 Å². The number of aromatic nitrogens is 2. The van der Waals surface area contributed by atoms with Crippen LogP contribution in [0, 0.1) is 6.92 Å². The summed E-state index contributed by atoms with van der Waals surface area (Å²) < 4.78 is 5.39. The van der Waals surface area contributed by atoms with Crippen molar-refractivity contribution in [3.05, 3.63) is 29.8 Å². The standard InChI is InChI=1S/C13H16N4O/c1-3-18-10-6-4-9(5-7-10)11-8(2)12(14)17-13(15)16-11/h4-7H,3H2,1-2H3,(H4,14,15,16,17). The van der Waals surface area contributed by atoms with Crippen molar-refractivity contribution in [2.45, 2.75) is 13.8 Å². The largest absolute Gasteiger partial charge is 0.494 e. The van der Waals surface area contributed by atoms with Gasteiger partial charge < -0.3 is 16.2 Å². The van der Waals surface area contributed by atoms with E-state index in [4.69, 9.17) is 16.2 Å². The van der Waals surface area contributed by atoms with Crippen molar-refractivity contribution in [1.29, 1.82) is 0 Å². The Morgan fingerprint density at radius 2 is 1.78 bits per heavy atom. The van der Waals surface area contributed by atoms with Crippen LogP contribution in [0.15, 0.2) is 24.3 Å². The van der Waals surface area contributed by atoms with Crippen LogP contribution in [0.3, 0.4) is 0 Å². The minimum atomic E-state index is 0.182. The summed E-state index contributed by atoms with van der Waals surface area (Å²) in [5, 5.41) is 0. The lowest BCUT2D eigenvalue weighted by Gasteiger charge is -2.09. The van der Waals surface area contributed by atoms with E-state index in [1.165, 1.54) is 0 Å². The number of nitrogen functional groups attached to an aromatic ring is 2. The molecule has 0 amide bonds. The third kappa shape index (κ3) is 2.34. The Hall–Kier alpha value is -2.30. The summed E-state index contributed by atoms with van der Waals surface area (Å²) in [6.07, 6.45) is 0. The van der Waals surface area contributed by atoms with E-state index in [2.05, 4.69) is 9.97 Å². The van der Waals surface area contributed by atoms with Crippen molar-refractivity contribution in [3.63, 3.8) is 0 Å². The van der Waals surface area contributed by atoms with Crippen LogP contribution < -0.4 is 16.2 Å². The van der Waals surface area contributed by atoms with Crippen LogP contribution in [0.1, 0.15) is 12.5 Å². The highest BCUT2D eigenvalue weighted by atomic mass is 16.5. The maximum atomic E-state index is 5.78. The molecule has 4 N–H and O–H groups in total. The Labute approximate surface area is 106 Å². The van der Waals surface area contributed by atoms with E-state index in [1.807, 2.05) is 38.1 Å². The summed E-state index contributed by atoms with van der Waals surface area (Å²) in [5.41, 5.74) is 13.9. The lowest BCUT2D eigenvalue weighted by atomic mass is 10.1. The van der Waals surface area contributed by atoms with Gasteiger partial charge in [-0.1, -0.05) is 0 Å². The second-order valence-electron chi connectivity index (χ2n) is 3.90. The summed E-state index contributed by atoms with van der Waals surface area (Å²) in [6.45, 7) is 4.47. The molecule has 5 heteroatoms. The van der Waals surface area contributed by atoms with E-state index < -0.39 is 0 Å². The minimum Gasteiger partial charge on any atom is -0.494 e. The Morgan fingerprint density at radius 1 is 1.11 bits per heavy atom. The Bertz CT molecular complexity index is 552. The first-order valence-corrected chi connectivity index (χ1v) is 5.74. The lowest BCUT2D eigenvalue weighted by Crippen LogP contribution is -2.04. The van der Waals surface area contributed by atoms with Crippen molar-refractivity contribution in [2.75, 3.05) is 18.1 Å². The monoisotopic (exact) mass is 244 g/mol. The third-order valence-corrected chi connectivity index (χ3v) is 2.64. The number of anilines is 2. The lowest BCUT2D eigenvalue weighted by molar-refractivity contribution is 0.340. The number of hydrogen-bond acceptors (Lipinski definition) is 5. The molecule has 0 unspecified atom stereocenters. The quantitative estimate of drug-likeness (QED) is 0.862. The van der Waals surface area contributed by atoms with Crippen LogP contribution in [0.2, 0.25) is 0 Å². The van der Waals surface area contributed by atoms with Crippen LogP contribution in [0.4, 0.5) is 11.8 Å². The molecule has 0 bridgehead atoms. The molecule has 1 heterocycles. The van der Waals surface area contributed by atoms with E-state index in [0.29, 0.717) is 12.4 Å². The van der Waals surface area contributed by atoms with Crippen molar-refractivity contribution < 1.29 is 4.74 Å². The van der Waals surface area contributed by atoms with Crippen LogP contribution in [-0.4, -0.2) is 16.6 Å². The van der Waals surface area contributed by atoms with E-state index in [-0.39, 0.29) is 5.95 Å². The number of nitrogens with zero attached hydrogens (tertiary/aromatic N) is 2. The molecule has 0 atom stereocenters. The number of ether oxygens (including phenoxy) is 1. The molecule has 1 aromatic heterocycles. The molecule has 0 aliphatic heterocycles. The van der Waals surface area contributed by atoms with Crippen LogP contribution >= 0.6 is 0 Å². The molecule has 2 aromatic rings. The summed E-state index contributed by atoms with van der Waals surface area (Å²) in [4.78, 5) is 8.15. The molecule has 0 spiro atoms. The maximum Gasteiger partial charge on any atom is 0.222 e. The Morgan fingerprint density at radius 3 is 2.39 bits per heavy atom. The van der Waals surface area contributed by atoms with Gasteiger partial charge in [-0.05, 0) is 38.1 Å². The third-order valence-electron chi connectivity index (χ3n) is 2.64. The van der Waals surface area contributed by atoms with Crippen molar-refractivity contribution >= 4 is 11.8 Å². The number of hydrogen-bond donors (Lipinski definition) is 2. The van der Waals surface area contributed by atoms with Gasteiger partial charge in [0.15, 0.2) is 0 Å². The second-order valence-corrected chi connectivity index (χ2v) is 3.90. The van der Waals surface area contributed by atoms with Crippen molar-refractivity contribution in [2.24, 2.45) is 0 Å². The van der Waals surface area contributed by atoms with E-state index in [9.17, 15) is 0 Å². The van der Waals surface area contributed by atoms with Gasteiger partial charge in [-0.25, -0.2) is 4.98 Å². The van der Waals surface area contributed by atoms with Gasteiger partial charge in [-0.15, -0.1) is 0 Å². The molecule has 5 nitrogen and oxygen atoms in total. The molecule has 0 saturated heterocycles. The first-order valence-electron chi connectivity index (χ1n) is 5.74. The first kappa shape index (κ1) is 12.2. The molecule has 2 rings (SSSR count). The van der Waals surface area contributed by atoms with Gasteiger partial charge in [-0.2, -0.15) is 4.98 Å². The Kier molecular flexibility index (Phi) is 3.32. The van der Waals surface area contributed by atoms with Crippen LogP contribution in [0.25, 0.3) is 11.3 Å². The molecule has 0 aliphatic carbocycles. The van der Waals surface area contributed by atoms with Gasteiger partial charge in [0, 0.05) is 11.1 Å². The van der Waals surface area contributed by atoms with Gasteiger partial charge >= 0.3 is 0 Å². The Balaban J connectivity index is 2.42. The topological polar surface area (TPSA) is 87.0 Å². The van der Waals surface area contributed by atoms with Gasteiger partial charge in [0.2, 0.25) is 5.95 Å². The molecular weight excluding hydrogens is 228 g/mol. The maximum absolute atomic E-state index is 5.78. The summed E-state index contributed by atoms with van der Waals surface area (Å²) in [5.74, 6) is 1.42. The van der Waals surface area contributed by atoms with Gasteiger partial charge in [0.05, 0.1) is 12.3 Å². The molecule has 18 heavy (non-hydrogen) atoms. The fraction of sp³-hybridized carbons (Fsp3) is 0.231. The predicted molar refractivity (Wildman–Crippen MR) is 72.2 cm³/mol. The number of benzene rings is 1. The van der Waals surface area contributed by atoms with Gasteiger partial charge in [0.25, 0.3) is 0 Å². The van der Waals surface area contributed by atoms with E-state index >= 15 is 0 Å². The molecule has 1 aromatic carbocycles. The summed E-state index contributed by atoms with van der Waals surface area (Å²) in [6, 6.07) is 7.65. The highest BCUT2D eigenvalue weighted by Gasteiger charge is 2.09. The number of nitrogens with two attached hydrogens (primary N) is 2. The zero-order valence-electron chi connectivity index (χ0n) is 10.5. The van der Waals surface area contributed by atoms with Crippen LogP contribution in [-0.2, 0) is 0 Å². The van der Waals surface area contributed by atoms with Crippen molar-refractivity contribution in [1.82, 2.24) is 9.97 Å². The molecule has 0 radical (unpaired) electrons. The van der Waals surface area contributed by atoms with Gasteiger partial charge in [0.1, 0.15) is 11.6 Å². The second kappa shape index (κ2) is 4.91. The van der Waals surface area contributed by atoms with Gasteiger partial charge in [-0.3, -0.25) is 0 Å². The fourth-order valence-corrected chi connectivity index (χ4v) is 1.71. The van der Waals surface area contributed by atoms with E-state index in [1.54, 1.807) is 0 Å². The smallest absolute Gasteiger partial charge is 0.222 e. The highest BCUT2D eigenvalue weighted by molar-refractivity contribution is 5.69. The fourth-order valence-electron chi connectivity index (χ4n) is 1.71. The predicted octanol–water partition coefficient (Wildman–Crippen LogP) is 2.02. The summed E-state index contributed by atoms with van der Waals surface area (Å²) >= 11 is 0. The highest BCUT2D eigenvalue weighted by Crippen LogP contribution is 2.26. The zero-order valence-corrected chi connectivity index (χ0v) is 10.5. The van der Waals surface area contributed by atoms with E-state index in [0.717, 1.165) is 22.6 Å². The molecule has 0 saturated carbocycles. The SMILES string of the molecule is CCOc1ccc(-c2nc(N)nc(N)c2C)cc1. The minimum absolute atomic E-state index is 0.182. The average molecular weight is 244 g/mol. The molecular formula is C13H16N4O.